The Hall–Kier alpha value is -2.21. The lowest BCUT2D eigenvalue weighted by Gasteiger charge is -2.50. The van der Waals surface area contributed by atoms with Gasteiger partial charge in [-0.2, -0.15) is 17.5 Å². The van der Waals surface area contributed by atoms with E-state index in [-0.39, 0.29) is 60.7 Å². The maximum atomic E-state index is 13.6. The van der Waals surface area contributed by atoms with E-state index in [1.165, 1.54) is 6.07 Å². The van der Waals surface area contributed by atoms with Crippen LogP contribution in [0.4, 0.5) is 13.2 Å². The molecule has 1 aromatic heterocycles. The van der Waals surface area contributed by atoms with E-state index in [1.807, 2.05) is 11.8 Å². The van der Waals surface area contributed by atoms with Gasteiger partial charge in [-0.15, -0.1) is 0 Å². The third-order valence-electron chi connectivity index (χ3n) is 8.46. The molecule has 3 aliphatic rings. The zero-order valence-corrected chi connectivity index (χ0v) is 23.6. The van der Waals surface area contributed by atoms with Crippen LogP contribution in [0.1, 0.15) is 71.4 Å². The van der Waals surface area contributed by atoms with E-state index in [2.05, 4.69) is 24.1 Å². The van der Waals surface area contributed by atoms with E-state index in [0.717, 1.165) is 29.4 Å². The molecule has 0 spiro atoms. The number of aromatic nitrogens is 1. The predicted octanol–water partition coefficient (Wildman–Crippen LogP) is 4.07. The first-order valence-electron chi connectivity index (χ1n) is 13.9. The van der Waals surface area contributed by atoms with Crippen molar-refractivity contribution in [3.05, 3.63) is 24.0 Å². The van der Waals surface area contributed by atoms with Crippen molar-refractivity contribution >= 4 is 21.8 Å². The summed E-state index contributed by atoms with van der Waals surface area (Å²) in [6, 6.07) is 1.92. The summed E-state index contributed by atoms with van der Waals surface area (Å²) in [6.45, 7) is 6.62. The van der Waals surface area contributed by atoms with Crippen LogP contribution in [-0.4, -0.2) is 66.1 Å². The minimum absolute atomic E-state index is 0.0244. The molecule has 0 saturated carbocycles. The molecule has 4 heterocycles. The quantitative estimate of drug-likeness (QED) is 0.589. The van der Waals surface area contributed by atoms with Gasteiger partial charge in [0, 0.05) is 50.8 Å². The van der Waals surface area contributed by atoms with Crippen LogP contribution < -0.4 is 5.32 Å². The Labute approximate surface area is 228 Å². The second kappa shape index (κ2) is 11.7. The van der Waals surface area contributed by atoms with Gasteiger partial charge in [0.2, 0.25) is 21.8 Å². The molecule has 1 N–H and O–H groups in total. The summed E-state index contributed by atoms with van der Waals surface area (Å²) in [5.41, 5.74) is -1.42. The van der Waals surface area contributed by atoms with Crippen LogP contribution in [0.25, 0.3) is 0 Å². The van der Waals surface area contributed by atoms with Crippen molar-refractivity contribution in [2.45, 2.75) is 88.9 Å². The van der Waals surface area contributed by atoms with Crippen LogP contribution in [0.2, 0.25) is 0 Å². The van der Waals surface area contributed by atoms with Gasteiger partial charge >= 0.3 is 6.18 Å². The molecule has 0 unspecified atom stereocenters. The number of sulfonamides is 1. The first-order valence-corrected chi connectivity index (χ1v) is 15.3. The normalized spacial score (nSPS) is 30.1. The van der Waals surface area contributed by atoms with Crippen molar-refractivity contribution in [1.29, 1.82) is 0 Å². The maximum Gasteiger partial charge on any atom is 0.434 e. The Morgan fingerprint density at radius 2 is 1.85 bits per heavy atom. The van der Waals surface area contributed by atoms with E-state index in [1.54, 1.807) is 0 Å². The van der Waals surface area contributed by atoms with E-state index in [0.29, 0.717) is 38.6 Å². The number of nitrogens with one attached hydrogen (secondary N) is 1. The third-order valence-corrected chi connectivity index (χ3v) is 10.3. The zero-order valence-electron chi connectivity index (χ0n) is 22.8. The van der Waals surface area contributed by atoms with Crippen molar-refractivity contribution in [2.24, 2.45) is 23.7 Å². The first-order chi connectivity index (χ1) is 18.3. The minimum atomic E-state index is -4.91. The van der Waals surface area contributed by atoms with Gasteiger partial charge in [0.05, 0.1) is 0 Å². The molecule has 8 nitrogen and oxygen atoms in total. The molecule has 4 rings (SSSR count). The van der Waals surface area contributed by atoms with Crippen molar-refractivity contribution in [1.82, 2.24) is 19.5 Å². The van der Waals surface area contributed by atoms with Crippen LogP contribution in [0.3, 0.4) is 0 Å². The Morgan fingerprint density at radius 1 is 1.10 bits per heavy atom. The first kappa shape index (κ1) is 29.8. The largest absolute Gasteiger partial charge is 0.434 e. The third kappa shape index (κ3) is 6.75. The number of fused-ring (bicyclic) bond motifs is 4. The molecule has 1 aromatic rings. The van der Waals surface area contributed by atoms with Crippen molar-refractivity contribution in [2.75, 3.05) is 19.6 Å². The number of carbonyl (C=O) groups is 2. The lowest BCUT2D eigenvalue weighted by Crippen LogP contribution is -2.60. The second-order valence-electron chi connectivity index (χ2n) is 11.8. The van der Waals surface area contributed by atoms with Gasteiger partial charge < -0.3 is 10.2 Å². The highest BCUT2D eigenvalue weighted by atomic mass is 32.2. The van der Waals surface area contributed by atoms with Crippen LogP contribution in [0.5, 0.6) is 0 Å². The molecule has 3 fully saturated rings. The smallest absolute Gasteiger partial charge is 0.353 e. The fourth-order valence-corrected chi connectivity index (χ4v) is 8.15. The monoisotopic (exact) mass is 572 g/mol. The number of pyridine rings is 1. The van der Waals surface area contributed by atoms with Crippen molar-refractivity contribution < 1.29 is 31.2 Å². The van der Waals surface area contributed by atoms with Gasteiger partial charge in [0.1, 0.15) is 4.90 Å². The fourth-order valence-electron chi connectivity index (χ4n) is 6.41. The predicted molar refractivity (Wildman–Crippen MR) is 139 cm³/mol. The van der Waals surface area contributed by atoms with Crippen LogP contribution >= 0.6 is 0 Å². The summed E-state index contributed by atoms with van der Waals surface area (Å²) >= 11 is 0. The minimum Gasteiger partial charge on any atom is -0.353 e. The Kier molecular flexibility index (Phi) is 8.95. The van der Waals surface area contributed by atoms with Gasteiger partial charge in [0.25, 0.3) is 0 Å². The van der Waals surface area contributed by atoms with Gasteiger partial charge in [-0.05, 0) is 67.9 Å². The Balaban J connectivity index is 1.58. The number of nitrogens with zero attached hydrogens (tertiary/aromatic N) is 3. The molecule has 12 heteroatoms. The summed E-state index contributed by atoms with van der Waals surface area (Å²) in [5.74, 6) is -0.000240. The number of amides is 2. The second-order valence-corrected chi connectivity index (χ2v) is 13.7. The van der Waals surface area contributed by atoms with Crippen molar-refractivity contribution in [3.8, 4) is 0 Å². The Morgan fingerprint density at radius 3 is 2.54 bits per heavy atom. The highest BCUT2D eigenvalue weighted by Gasteiger charge is 2.47. The number of alkyl halides is 3. The van der Waals surface area contributed by atoms with Crippen molar-refractivity contribution in [3.63, 3.8) is 0 Å². The van der Waals surface area contributed by atoms with Gasteiger partial charge in [0.15, 0.2) is 5.69 Å². The van der Waals surface area contributed by atoms with E-state index >= 15 is 0 Å². The molecule has 39 heavy (non-hydrogen) atoms. The number of rotatable bonds is 3. The average Bonchev–Trinajstić information content (AvgIpc) is 2.87. The molecule has 2 amide bonds. The average molecular weight is 573 g/mol. The number of hydrogen-bond acceptors (Lipinski definition) is 5. The molecule has 0 radical (unpaired) electrons. The van der Waals surface area contributed by atoms with Gasteiger partial charge in [-0.3, -0.25) is 14.6 Å². The Bertz CT molecular complexity index is 1160. The SMILES string of the molecule is CC(C)[C@@H]1CC[C@@H](C)CC(=O)N2C[C@H]3C[C@H](CN(S(=O)(=O)c4cccnc4C(F)(F)F)C3)[C@@H]2CCCC(=O)N1. The summed E-state index contributed by atoms with van der Waals surface area (Å²) in [5, 5.41) is 3.14. The molecular weight excluding hydrogens is 533 g/mol. The molecule has 2 bridgehead atoms. The molecule has 3 aliphatic heterocycles. The molecule has 0 aromatic carbocycles. The summed E-state index contributed by atoms with van der Waals surface area (Å²) in [6.07, 6.45) is 0.0759. The molecule has 218 valence electrons. The van der Waals surface area contributed by atoms with Gasteiger partial charge in [-0.1, -0.05) is 20.8 Å². The standard InChI is InChI=1S/C27H39F3N4O4S/c1-17(2)21-10-9-18(3)12-25(36)34-15-19-13-20(22(34)6-4-8-24(35)32-21)16-33(14-19)39(37,38)23-7-5-11-31-26(23)27(28,29)30/h5,7,11,17-22H,4,6,8-10,12-16H2,1-3H3,(H,32,35)/t18-,19+,20-,21+,22+/m1/s1. The lowest BCUT2D eigenvalue weighted by molar-refractivity contribution is -0.144. The van der Waals surface area contributed by atoms with E-state index in [9.17, 15) is 31.2 Å². The summed E-state index contributed by atoms with van der Waals surface area (Å²) < 4.78 is 68.9. The fraction of sp³-hybridized carbons (Fsp3) is 0.741. The summed E-state index contributed by atoms with van der Waals surface area (Å²) in [7, 11) is -4.46. The number of hydrogen-bond donors (Lipinski definition) is 1. The zero-order chi connectivity index (χ0) is 28.5. The topological polar surface area (TPSA) is 99.7 Å². The maximum absolute atomic E-state index is 13.6. The molecule has 0 aliphatic carbocycles. The number of piperidine rings is 2. The van der Waals surface area contributed by atoms with Crippen LogP contribution in [-0.2, 0) is 25.8 Å². The van der Waals surface area contributed by atoms with Crippen LogP contribution in [0.15, 0.2) is 23.2 Å². The highest BCUT2D eigenvalue weighted by Crippen LogP contribution is 2.40. The number of carbonyl (C=O) groups excluding carboxylic acids is 2. The number of halogens is 3. The highest BCUT2D eigenvalue weighted by molar-refractivity contribution is 7.89. The van der Waals surface area contributed by atoms with Gasteiger partial charge in [-0.25, -0.2) is 8.42 Å². The molecular formula is C27H39F3N4O4S. The van der Waals surface area contributed by atoms with E-state index < -0.39 is 26.8 Å². The lowest BCUT2D eigenvalue weighted by atomic mass is 9.78. The molecule has 3 saturated heterocycles. The summed E-state index contributed by atoms with van der Waals surface area (Å²) in [4.78, 5) is 30.6. The molecule has 5 atom stereocenters. The van der Waals surface area contributed by atoms with E-state index in [4.69, 9.17) is 0 Å². The van der Waals surface area contributed by atoms with Crippen LogP contribution in [0, 0.1) is 23.7 Å².